The molecule has 1 N–H and O–H groups in total. The molecule has 0 aliphatic carbocycles. The highest BCUT2D eigenvalue weighted by Crippen LogP contribution is 2.25. The van der Waals surface area contributed by atoms with E-state index in [-0.39, 0.29) is 24.3 Å². The van der Waals surface area contributed by atoms with Crippen molar-refractivity contribution in [2.45, 2.75) is 24.9 Å². The van der Waals surface area contributed by atoms with E-state index in [9.17, 15) is 9.59 Å². The maximum Gasteiger partial charge on any atom is 0.240 e. The molecule has 2 atom stereocenters. The van der Waals surface area contributed by atoms with Crippen LogP contribution in [0, 0.1) is 0 Å². The predicted octanol–water partition coefficient (Wildman–Crippen LogP) is 0.284. The van der Waals surface area contributed by atoms with Crippen LogP contribution in [0.2, 0.25) is 0 Å². The summed E-state index contributed by atoms with van der Waals surface area (Å²) < 4.78 is 0. The number of hydrogen-bond donors (Lipinski definition) is 1. The van der Waals surface area contributed by atoms with Gasteiger partial charge in [0.2, 0.25) is 5.91 Å². The number of nitrogens with zero attached hydrogens (tertiary/aromatic N) is 5. The van der Waals surface area contributed by atoms with Gasteiger partial charge in [0.15, 0.2) is 5.78 Å². The first-order chi connectivity index (χ1) is 14.2. The number of carbonyl (C=O) groups is 2. The van der Waals surface area contributed by atoms with Gasteiger partial charge in [0, 0.05) is 57.1 Å². The zero-order valence-electron chi connectivity index (χ0n) is 16.5. The van der Waals surface area contributed by atoms with Gasteiger partial charge in [-0.15, -0.1) is 0 Å². The van der Waals surface area contributed by atoms with Crippen molar-refractivity contribution < 1.29 is 9.59 Å². The van der Waals surface area contributed by atoms with E-state index in [0.717, 1.165) is 55.9 Å². The van der Waals surface area contributed by atoms with Crippen molar-refractivity contribution in [2.24, 2.45) is 0 Å². The lowest BCUT2D eigenvalue weighted by molar-refractivity contribution is -0.133. The van der Waals surface area contributed by atoms with Crippen LogP contribution in [0.1, 0.15) is 12.8 Å². The third-order valence-corrected chi connectivity index (χ3v) is 6.40. The van der Waals surface area contributed by atoms with Crippen LogP contribution in [-0.4, -0.2) is 89.4 Å². The predicted molar refractivity (Wildman–Crippen MR) is 110 cm³/mol. The first kappa shape index (κ1) is 18.4. The fraction of sp³-hybridized carbons (Fsp3) is 0.524. The molecule has 3 fully saturated rings. The zero-order chi connectivity index (χ0) is 19.8. The van der Waals surface area contributed by atoms with Gasteiger partial charge < -0.3 is 15.1 Å². The SMILES string of the molecule is O=C1CCN(C(=O)[C@@H]2C[C@H](N3CCN(c4ncnc5ccccc45)CC3)CN2)C1. The number of Topliss-reactive ketones (excluding diaryl/α,β-unsaturated/α-hetero) is 1. The van der Waals surface area contributed by atoms with Crippen LogP contribution in [0.4, 0.5) is 5.82 Å². The second-order valence-corrected chi connectivity index (χ2v) is 8.14. The lowest BCUT2D eigenvalue weighted by Gasteiger charge is -2.38. The number of nitrogens with one attached hydrogen (secondary N) is 1. The van der Waals surface area contributed by atoms with Gasteiger partial charge in [0.05, 0.1) is 18.1 Å². The van der Waals surface area contributed by atoms with Crippen LogP contribution < -0.4 is 10.2 Å². The van der Waals surface area contributed by atoms with E-state index in [0.29, 0.717) is 19.0 Å². The monoisotopic (exact) mass is 394 g/mol. The van der Waals surface area contributed by atoms with E-state index in [2.05, 4.69) is 31.2 Å². The Labute approximate surface area is 169 Å². The van der Waals surface area contributed by atoms with E-state index in [4.69, 9.17) is 0 Å². The summed E-state index contributed by atoms with van der Waals surface area (Å²) in [6, 6.07) is 8.34. The first-order valence-corrected chi connectivity index (χ1v) is 10.4. The maximum absolute atomic E-state index is 12.7. The molecule has 5 rings (SSSR count). The number of para-hydroxylation sites is 1. The zero-order valence-corrected chi connectivity index (χ0v) is 16.5. The molecule has 1 aromatic heterocycles. The third-order valence-electron chi connectivity index (χ3n) is 6.40. The van der Waals surface area contributed by atoms with Gasteiger partial charge >= 0.3 is 0 Å². The number of rotatable bonds is 3. The standard InChI is InChI=1S/C21H26N6O2/c28-16-5-6-27(13-16)21(29)19-11-15(12-22-19)25-7-9-26(10-8-25)20-17-3-1-2-4-18(17)23-14-24-20/h1-4,14-15,19,22H,5-13H2/t15-,19-/m0/s1. The van der Waals surface area contributed by atoms with Crippen LogP contribution in [0.15, 0.2) is 30.6 Å². The van der Waals surface area contributed by atoms with Crippen LogP contribution in [-0.2, 0) is 9.59 Å². The van der Waals surface area contributed by atoms with Crippen LogP contribution in [0.25, 0.3) is 10.9 Å². The molecule has 0 saturated carbocycles. The molecule has 0 bridgehead atoms. The Kier molecular flexibility index (Phi) is 4.89. The number of hydrogen-bond acceptors (Lipinski definition) is 7. The normalized spacial score (nSPS) is 25.9. The Morgan fingerprint density at radius 2 is 1.90 bits per heavy atom. The van der Waals surface area contributed by atoms with Crippen LogP contribution in [0.5, 0.6) is 0 Å². The fourth-order valence-corrected chi connectivity index (χ4v) is 4.76. The summed E-state index contributed by atoms with van der Waals surface area (Å²) in [6.07, 6.45) is 2.96. The maximum atomic E-state index is 12.7. The van der Waals surface area contributed by atoms with Gasteiger partial charge in [-0.1, -0.05) is 12.1 Å². The minimum Gasteiger partial charge on any atom is -0.353 e. The molecule has 29 heavy (non-hydrogen) atoms. The highest BCUT2D eigenvalue weighted by molar-refractivity contribution is 5.91. The van der Waals surface area contributed by atoms with Gasteiger partial charge in [0.1, 0.15) is 12.1 Å². The van der Waals surface area contributed by atoms with Crippen LogP contribution >= 0.6 is 0 Å². The van der Waals surface area contributed by atoms with E-state index < -0.39 is 0 Å². The average Bonchev–Trinajstić information content (AvgIpc) is 3.43. The Hall–Kier alpha value is -2.58. The molecule has 2 aromatic rings. The van der Waals surface area contributed by atoms with Crippen molar-refractivity contribution in [2.75, 3.05) is 50.7 Å². The van der Waals surface area contributed by atoms with E-state index in [1.165, 1.54) is 0 Å². The second-order valence-electron chi connectivity index (χ2n) is 8.14. The molecule has 3 aliphatic rings. The summed E-state index contributed by atoms with van der Waals surface area (Å²) in [5, 5.41) is 4.48. The van der Waals surface area contributed by atoms with Crippen molar-refractivity contribution in [1.29, 1.82) is 0 Å². The first-order valence-electron chi connectivity index (χ1n) is 10.4. The molecule has 1 aromatic carbocycles. The molecule has 8 heteroatoms. The van der Waals surface area contributed by atoms with E-state index >= 15 is 0 Å². The van der Waals surface area contributed by atoms with Crippen molar-refractivity contribution >= 4 is 28.4 Å². The number of carbonyl (C=O) groups excluding carboxylic acids is 2. The molecule has 8 nitrogen and oxygen atoms in total. The summed E-state index contributed by atoms with van der Waals surface area (Å²) >= 11 is 0. The Morgan fingerprint density at radius 1 is 1.07 bits per heavy atom. The Balaban J connectivity index is 1.19. The molecule has 0 unspecified atom stereocenters. The number of ketones is 1. The van der Waals surface area contributed by atoms with Crippen molar-refractivity contribution in [3.63, 3.8) is 0 Å². The fourth-order valence-electron chi connectivity index (χ4n) is 4.76. The molecule has 152 valence electrons. The summed E-state index contributed by atoms with van der Waals surface area (Å²) in [6.45, 7) is 5.42. The largest absolute Gasteiger partial charge is 0.353 e. The van der Waals surface area contributed by atoms with Gasteiger partial charge in [-0.3, -0.25) is 14.5 Å². The lowest BCUT2D eigenvalue weighted by Crippen LogP contribution is -2.51. The number of amides is 1. The van der Waals surface area contributed by atoms with Crippen LogP contribution in [0.3, 0.4) is 0 Å². The van der Waals surface area contributed by atoms with E-state index in [1.54, 1.807) is 11.2 Å². The highest BCUT2D eigenvalue weighted by Gasteiger charge is 2.37. The minimum absolute atomic E-state index is 0.0874. The number of anilines is 1. The average molecular weight is 394 g/mol. The molecule has 1 amide bonds. The van der Waals surface area contributed by atoms with Gasteiger partial charge in [0.25, 0.3) is 0 Å². The summed E-state index contributed by atoms with van der Waals surface area (Å²) in [7, 11) is 0. The van der Waals surface area contributed by atoms with Gasteiger partial charge in [-0.25, -0.2) is 9.97 Å². The van der Waals surface area contributed by atoms with Gasteiger partial charge in [-0.05, 0) is 18.6 Å². The number of benzene rings is 1. The minimum atomic E-state index is -0.158. The topological polar surface area (TPSA) is 81.7 Å². The van der Waals surface area contributed by atoms with Gasteiger partial charge in [-0.2, -0.15) is 0 Å². The quantitative estimate of drug-likeness (QED) is 0.801. The van der Waals surface area contributed by atoms with Crippen molar-refractivity contribution in [1.82, 2.24) is 25.1 Å². The second kappa shape index (κ2) is 7.68. The molecule has 3 saturated heterocycles. The summed E-state index contributed by atoms with van der Waals surface area (Å²) in [4.78, 5) is 39.6. The van der Waals surface area contributed by atoms with Crippen molar-refractivity contribution in [3.8, 4) is 0 Å². The molecular weight excluding hydrogens is 368 g/mol. The van der Waals surface area contributed by atoms with Crippen molar-refractivity contribution in [3.05, 3.63) is 30.6 Å². The highest BCUT2D eigenvalue weighted by atomic mass is 16.2. The smallest absolute Gasteiger partial charge is 0.240 e. The van der Waals surface area contributed by atoms with E-state index in [1.807, 2.05) is 18.2 Å². The third kappa shape index (κ3) is 3.58. The Morgan fingerprint density at radius 3 is 2.69 bits per heavy atom. The summed E-state index contributed by atoms with van der Waals surface area (Å²) in [5.41, 5.74) is 0.974. The molecular formula is C21H26N6O2. The number of likely N-dealkylation sites (tertiary alicyclic amines) is 1. The number of aromatic nitrogens is 2. The molecule has 0 radical (unpaired) electrons. The molecule has 4 heterocycles. The Bertz CT molecular complexity index is 921. The lowest BCUT2D eigenvalue weighted by atomic mass is 10.1. The summed E-state index contributed by atoms with van der Waals surface area (Å²) in [5.74, 6) is 1.26. The molecule has 3 aliphatic heterocycles. The number of fused-ring (bicyclic) bond motifs is 1. The molecule has 0 spiro atoms. The number of piperazine rings is 1.